The predicted molar refractivity (Wildman–Crippen MR) is 110 cm³/mol. The van der Waals surface area contributed by atoms with E-state index in [9.17, 15) is 9.90 Å². The fraction of sp³-hybridized carbons (Fsp3) is 0.955. The Morgan fingerprint density at radius 1 is 0.769 bits per heavy atom. The van der Waals surface area contributed by atoms with Gasteiger partial charge in [-0.2, -0.15) is 0 Å². The van der Waals surface area contributed by atoms with E-state index >= 15 is 0 Å². The molecule has 0 spiro atoms. The van der Waals surface area contributed by atoms with Gasteiger partial charge in [0.05, 0.1) is 14.1 Å². The Labute approximate surface area is 162 Å². The molecule has 0 aliphatic rings. The van der Waals surface area contributed by atoms with Gasteiger partial charge in [0.2, 0.25) is 0 Å². The topological polar surface area (TPSA) is 57.5 Å². The molecule has 0 aliphatic carbocycles. The van der Waals surface area contributed by atoms with Gasteiger partial charge >= 0.3 is 5.97 Å². The molecule has 0 aliphatic heterocycles. The predicted octanol–water partition coefficient (Wildman–Crippen LogP) is 5.38. The van der Waals surface area contributed by atoms with Crippen LogP contribution in [0.4, 0.5) is 0 Å². The van der Waals surface area contributed by atoms with Crippen LogP contribution in [0.2, 0.25) is 0 Å². The molecule has 4 nitrogen and oxygen atoms in total. The maximum atomic E-state index is 10.8. The summed E-state index contributed by atoms with van der Waals surface area (Å²) in [6.07, 6.45) is 19.1. The second kappa shape index (κ2) is 16.6. The SMILES string of the molecule is CCCCCCCCCCCCCCCCC(O)C[N+](C)(C)CC(=O)O. The van der Waals surface area contributed by atoms with Gasteiger partial charge in [-0.3, -0.25) is 0 Å². The average Bonchev–Trinajstić information content (AvgIpc) is 2.53. The van der Waals surface area contributed by atoms with Gasteiger partial charge in [-0.05, 0) is 6.42 Å². The number of hydrogen-bond acceptors (Lipinski definition) is 2. The summed E-state index contributed by atoms with van der Waals surface area (Å²) in [6.45, 7) is 2.85. The molecule has 0 aromatic rings. The van der Waals surface area contributed by atoms with E-state index in [2.05, 4.69) is 6.92 Å². The average molecular weight is 373 g/mol. The lowest BCUT2D eigenvalue weighted by atomic mass is 10.0. The second-order valence-corrected chi connectivity index (χ2v) is 8.71. The van der Waals surface area contributed by atoms with Crippen molar-refractivity contribution in [3.05, 3.63) is 0 Å². The molecule has 0 amide bonds. The summed E-state index contributed by atoms with van der Waals surface area (Å²) in [5.74, 6) is -0.807. The number of aliphatic hydroxyl groups excluding tert-OH is 1. The van der Waals surface area contributed by atoms with Crippen molar-refractivity contribution in [2.45, 2.75) is 109 Å². The van der Waals surface area contributed by atoms with E-state index < -0.39 is 5.97 Å². The van der Waals surface area contributed by atoms with E-state index in [1.807, 2.05) is 14.1 Å². The molecule has 26 heavy (non-hydrogen) atoms. The van der Waals surface area contributed by atoms with Crippen LogP contribution in [0.25, 0.3) is 0 Å². The van der Waals surface area contributed by atoms with Gasteiger partial charge in [0.1, 0.15) is 12.6 Å². The molecule has 0 bridgehead atoms. The third-order valence-corrected chi connectivity index (χ3v) is 5.16. The van der Waals surface area contributed by atoms with Crippen molar-refractivity contribution in [2.75, 3.05) is 27.2 Å². The van der Waals surface area contributed by atoms with Gasteiger partial charge in [0, 0.05) is 0 Å². The number of aliphatic hydroxyl groups is 1. The Bertz CT molecular complexity index is 331. The molecule has 156 valence electrons. The van der Waals surface area contributed by atoms with Crippen molar-refractivity contribution in [3.63, 3.8) is 0 Å². The number of unbranched alkanes of at least 4 members (excludes halogenated alkanes) is 13. The first-order valence-corrected chi connectivity index (χ1v) is 11.1. The lowest BCUT2D eigenvalue weighted by Gasteiger charge is -2.30. The van der Waals surface area contributed by atoms with Crippen molar-refractivity contribution in [1.29, 1.82) is 0 Å². The zero-order chi connectivity index (χ0) is 19.7. The van der Waals surface area contributed by atoms with E-state index in [1.54, 1.807) is 0 Å². The first-order valence-electron chi connectivity index (χ1n) is 11.1. The molecule has 2 N–H and O–H groups in total. The highest BCUT2D eigenvalue weighted by atomic mass is 16.4. The molecule has 0 radical (unpaired) electrons. The van der Waals surface area contributed by atoms with Gasteiger partial charge in [-0.1, -0.05) is 96.8 Å². The standard InChI is InChI=1S/C22H45NO3/c1-4-5-6-7-8-9-10-11-12-13-14-15-16-17-18-21(24)19-23(2,3)20-22(25)26/h21,24H,4-20H2,1-3H3/p+1. The van der Waals surface area contributed by atoms with E-state index in [-0.39, 0.29) is 12.6 Å². The lowest BCUT2D eigenvalue weighted by molar-refractivity contribution is -0.886. The normalized spacial score (nSPS) is 13.1. The zero-order valence-corrected chi connectivity index (χ0v) is 17.8. The Kier molecular flexibility index (Phi) is 16.2. The molecule has 0 rings (SSSR count). The molecule has 0 heterocycles. The number of carboxylic acids is 1. The molecule has 0 aromatic carbocycles. The summed E-state index contributed by atoms with van der Waals surface area (Å²) < 4.78 is 0.342. The lowest BCUT2D eigenvalue weighted by Crippen LogP contribution is -2.48. The van der Waals surface area contributed by atoms with Crippen molar-refractivity contribution in [3.8, 4) is 0 Å². The van der Waals surface area contributed by atoms with Crippen LogP contribution in [-0.4, -0.2) is 54.0 Å². The molecule has 0 fully saturated rings. The number of aliphatic carboxylic acids is 1. The van der Waals surface area contributed by atoms with Crippen molar-refractivity contribution in [1.82, 2.24) is 0 Å². The number of carboxylic acid groups (broad SMARTS) is 1. The van der Waals surface area contributed by atoms with E-state index in [1.165, 1.54) is 83.5 Å². The molecular weight excluding hydrogens is 326 g/mol. The van der Waals surface area contributed by atoms with Crippen LogP contribution in [0, 0.1) is 0 Å². The fourth-order valence-corrected chi connectivity index (χ4v) is 3.67. The van der Waals surface area contributed by atoms with E-state index in [4.69, 9.17) is 5.11 Å². The van der Waals surface area contributed by atoms with Crippen molar-refractivity contribution < 1.29 is 19.5 Å². The van der Waals surface area contributed by atoms with Crippen LogP contribution in [0.3, 0.4) is 0 Å². The second-order valence-electron chi connectivity index (χ2n) is 8.71. The Hall–Kier alpha value is -0.610. The highest BCUT2D eigenvalue weighted by Crippen LogP contribution is 2.14. The van der Waals surface area contributed by atoms with Crippen LogP contribution in [-0.2, 0) is 4.79 Å². The largest absolute Gasteiger partial charge is 0.477 e. The van der Waals surface area contributed by atoms with Gasteiger partial charge in [0.25, 0.3) is 0 Å². The van der Waals surface area contributed by atoms with Crippen LogP contribution in [0.5, 0.6) is 0 Å². The highest BCUT2D eigenvalue weighted by molar-refractivity contribution is 5.67. The van der Waals surface area contributed by atoms with Crippen molar-refractivity contribution >= 4 is 5.97 Å². The van der Waals surface area contributed by atoms with Crippen molar-refractivity contribution in [2.24, 2.45) is 0 Å². The van der Waals surface area contributed by atoms with Crippen LogP contribution in [0.1, 0.15) is 103 Å². The Morgan fingerprint density at radius 3 is 1.54 bits per heavy atom. The minimum atomic E-state index is -0.807. The number of likely N-dealkylation sites (N-methyl/N-ethyl adjacent to an activating group) is 1. The maximum Gasteiger partial charge on any atom is 0.359 e. The maximum absolute atomic E-state index is 10.8. The molecule has 4 heteroatoms. The van der Waals surface area contributed by atoms with E-state index in [0.717, 1.165) is 12.8 Å². The molecule has 0 saturated carbocycles. The first kappa shape index (κ1) is 25.4. The monoisotopic (exact) mass is 372 g/mol. The highest BCUT2D eigenvalue weighted by Gasteiger charge is 2.23. The first-order chi connectivity index (χ1) is 12.4. The minimum absolute atomic E-state index is 0.0653. The third-order valence-electron chi connectivity index (χ3n) is 5.16. The smallest absolute Gasteiger partial charge is 0.359 e. The quantitative estimate of drug-likeness (QED) is 0.236. The summed E-state index contributed by atoms with van der Waals surface area (Å²) in [5, 5.41) is 19.0. The zero-order valence-electron chi connectivity index (χ0n) is 17.8. The Balaban J connectivity index is 3.34. The third kappa shape index (κ3) is 18.2. The molecule has 0 aromatic heterocycles. The summed E-state index contributed by atoms with van der Waals surface area (Å²) in [4.78, 5) is 10.8. The van der Waals surface area contributed by atoms with Crippen LogP contribution >= 0.6 is 0 Å². The Morgan fingerprint density at radius 2 is 1.15 bits per heavy atom. The minimum Gasteiger partial charge on any atom is -0.477 e. The molecule has 1 unspecified atom stereocenters. The summed E-state index contributed by atoms with van der Waals surface area (Å²) >= 11 is 0. The van der Waals surface area contributed by atoms with Crippen LogP contribution < -0.4 is 0 Å². The molecule has 0 saturated heterocycles. The number of quaternary nitrogens is 1. The number of carbonyl (C=O) groups is 1. The molecular formula is C22H46NO3+. The number of hydrogen-bond donors (Lipinski definition) is 2. The summed E-state index contributed by atoms with van der Waals surface area (Å²) in [7, 11) is 3.73. The van der Waals surface area contributed by atoms with Gasteiger partial charge in [0.15, 0.2) is 6.54 Å². The number of nitrogens with zero attached hydrogens (tertiary/aromatic N) is 1. The van der Waals surface area contributed by atoms with E-state index in [0.29, 0.717) is 11.0 Å². The fourth-order valence-electron chi connectivity index (χ4n) is 3.67. The van der Waals surface area contributed by atoms with Crippen LogP contribution in [0.15, 0.2) is 0 Å². The summed E-state index contributed by atoms with van der Waals surface area (Å²) in [6, 6.07) is 0. The van der Waals surface area contributed by atoms with Gasteiger partial charge in [-0.15, -0.1) is 0 Å². The van der Waals surface area contributed by atoms with Gasteiger partial charge < -0.3 is 14.7 Å². The van der Waals surface area contributed by atoms with Gasteiger partial charge in [-0.25, -0.2) is 4.79 Å². The number of rotatable bonds is 19. The summed E-state index contributed by atoms with van der Waals surface area (Å²) in [5.41, 5.74) is 0. The molecule has 1 atom stereocenters.